The van der Waals surface area contributed by atoms with Crippen LogP contribution in [0.5, 0.6) is 0 Å². The third kappa shape index (κ3) is 3.88. The molecule has 0 bridgehead atoms. The van der Waals surface area contributed by atoms with Gasteiger partial charge in [-0.05, 0) is 38.1 Å². The topological polar surface area (TPSA) is 71.1 Å². The number of hydrogen-bond acceptors (Lipinski definition) is 5. The molecule has 0 amide bonds. The SMILES string of the molecule is CC1CN(Cc2nc3cc(-c4ncccc4Cl)ccc3c(=O)[nH]2)CC(C)O1. The van der Waals surface area contributed by atoms with E-state index in [1.54, 1.807) is 24.4 Å². The van der Waals surface area contributed by atoms with E-state index in [1.165, 1.54) is 0 Å². The lowest BCUT2D eigenvalue weighted by Crippen LogP contribution is -2.45. The Balaban J connectivity index is 1.69. The summed E-state index contributed by atoms with van der Waals surface area (Å²) in [6.07, 6.45) is 2.03. The quantitative estimate of drug-likeness (QED) is 0.750. The first-order valence-electron chi connectivity index (χ1n) is 9.01. The van der Waals surface area contributed by atoms with Gasteiger partial charge in [0.05, 0.1) is 40.4 Å². The van der Waals surface area contributed by atoms with Crippen LogP contribution in [0.2, 0.25) is 5.02 Å². The summed E-state index contributed by atoms with van der Waals surface area (Å²) in [6.45, 7) is 6.33. The van der Waals surface area contributed by atoms with Crippen molar-refractivity contribution in [2.45, 2.75) is 32.6 Å². The van der Waals surface area contributed by atoms with Crippen LogP contribution < -0.4 is 5.56 Å². The Kier molecular flexibility index (Phi) is 4.95. The molecule has 0 radical (unpaired) electrons. The lowest BCUT2D eigenvalue weighted by molar-refractivity contribution is -0.0710. The van der Waals surface area contributed by atoms with E-state index in [-0.39, 0.29) is 17.8 Å². The van der Waals surface area contributed by atoms with Crippen molar-refractivity contribution in [1.82, 2.24) is 19.9 Å². The average molecular weight is 385 g/mol. The highest BCUT2D eigenvalue weighted by Crippen LogP contribution is 2.26. The molecular weight excluding hydrogens is 364 g/mol. The number of hydrogen-bond donors (Lipinski definition) is 1. The molecule has 6 nitrogen and oxygen atoms in total. The van der Waals surface area contributed by atoms with Crippen LogP contribution in [0, 0.1) is 0 Å². The second kappa shape index (κ2) is 7.38. The van der Waals surface area contributed by atoms with Crippen molar-refractivity contribution in [3.8, 4) is 11.3 Å². The molecule has 2 atom stereocenters. The maximum atomic E-state index is 12.5. The maximum Gasteiger partial charge on any atom is 0.258 e. The molecule has 3 heterocycles. The third-order valence-electron chi connectivity index (χ3n) is 4.66. The van der Waals surface area contributed by atoms with Crippen LogP contribution in [0.15, 0.2) is 41.3 Å². The normalized spacial score (nSPS) is 20.9. The van der Waals surface area contributed by atoms with Crippen LogP contribution in [0.4, 0.5) is 0 Å². The molecule has 27 heavy (non-hydrogen) atoms. The molecule has 1 fully saturated rings. The molecule has 4 rings (SSSR count). The molecule has 140 valence electrons. The zero-order chi connectivity index (χ0) is 19.0. The Morgan fingerprint density at radius 2 is 2.04 bits per heavy atom. The number of benzene rings is 1. The summed E-state index contributed by atoms with van der Waals surface area (Å²) >= 11 is 6.26. The summed E-state index contributed by atoms with van der Waals surface area (Å²) in [5.41, 5.74) is 2.02. The minimum atomic E-state index is -0.136. The van der Waals surface area contributed by atoms with Gasteiger partial charge in [0.25, 0.3) is 5.56 Å². The summed E-state index contributed by atoms with van der Waals surface area (Å²) < 4.78 is 5.77. The van der Waals surface area contributed by atoms with Gasteiger partial charge in [0, 0.05) is 24.8 Å². The van der Waals surface area contributed by atoms with Gasteiger partial charge in [-0.1, -0.05) is 17.7 Å². The van der Waals surface area contributed by atoms with Crippen molar-refractivity contribution in [2.75, 3.05) is 13.1 Å². The molecular formula is C20H21ClN4O2. The van der Waals surface area contributed by atoms with Crippen molar-refractivity contribution in [3.63, 3.8) is 0 Å². The summed E-state index contributed by atoms with van der Waals surface area (Å²) in [4.78, 5) is 26.7. The highest BCUT2D eigenvalue weighted by atomic mass is 35.5. The highest BCUT2D eigenvalue weighted by Gasteiger charge is 2.23. The fraction of sp³-hybridized carbons (Fsp3) is 0.350. The standard InChI is InChI=1S/C20H21ClN4O2/c1-12-9-25(10-13(2)27-12)11-18-23-17-8-14(5-6-15(17)20(26)24-18)19-16(21)4-3-7-22-19/h3-8,12-13H,9-11H2,1-2H3,(H,23,24,26). The third-order valence-corrected chi connectivity index (χ3v) is 4.96. The van der Waals surface area contributed by atoms with Crippen LogP contribution in [0.3, 0.4) is 0 Å². The van der Waals surface area contributed by atoms with Gasteiger partial charge >= 0.3 is 0 Å². The minimum absolute atomic E-state index is 0.136. The lowest BCUT2D eigenvalue weighted by atomic mass is 10.1. The van der Waals surface area contributed by atoms with Gasteiger partial charge in [-0.15, -0.1) is 0 Å². The number of rotatable bonds is 3. The molecule has 0 aliphatic carbocycles. The molecule has 1 aromatic carbocycles. The van der Waals surface area contributed by atoms with E-state index in [1.807, 2.05) is 12.1 Å². The van der Waals surface area contributed by atoms with E-state index in [2.05, 4.69) is 33.7 Å². The zero-order valence-corrected chi connectivity index (χ0v) is 16.0. The summed E-state index contributed by atoms with van der Waals surface area (Å²) in [7, 11) is 0. The number of nitrogens with zero attached hydrogens (tertiary/aromatic N) is 3. The number of ether oxygens (including phenoxy) is 1. The predicted octanol–water partition coefficient (Wildman–Crippen LogP) is 3.25. The molecule has 1 aliphatic rings. The molecule has 1 saturated heterocycles. The fourth-order valence-corrected chi connectivity index (χ4v) is 3.86. The van der Waals surface area contributed by atoms with Crippen molar-refractivity contribution in [3.05, 3.63) is 57.7 Å². The first kappa shape index (κ1) is 18.1. The number of morpholine rings is 1. The number of halogens is 1. The molecule has 1 aliphatic heterocycles. The number of H-pyrrole nitrogens is 1. The van der Waals surface area contributed by atoms with Crippen LogP contribution >= 0.6 is 11.6 Å². The Morgan fingerprint density at radius 1 is 1.26 bits per heavy atom. The molecule has 7 heteroatoms. The fourth-order valence-electron chi connectivity index (χ4n) is 3.63. The van der Waals surface area contributed by atoms with E-state index in [0.29, 0.717) is 34.0 Å². The van der Waals surface area contributed by atoms with Crippen molar-refractivity contribution >= 4 is 22.5 Å². The van der Waals surface area contributed by atoms with Crippen molar-refractivity contribution in [1.29, 1.82) is 0 Å². The second-order valence-corrected chi connectivity index (χ2v) is 7.44. The molecule has 0 spiro atoms. The molecule has 2 unspecified atom stereocenters. The predicted molar refractivity (Wildman–Crippen MR) is 106 cm³/mol. The van der Waals surface area contributed by atoms with Crippen molar-refractivity contribution in [2.24, 2.45) is 0 Å². The van der Waals surface area contributed by atoms with Gasteiger partial charge in [-0.3, -0.25) is 14.7 Å². The zero-order valence-electron chi connectivity index (χ0n) is 15.3. The van der Waals surface area contributed by atoms with E-state index in [0.717, 1.165) is 18.7 Å². The minimum Gasteiger partial charge on any atom is -0.373 e. The number of aromatic amines is 1. The van der Waals surface area contributed by atoms with E-state index in [9.17, 15) is 4.79 Å². The van der Waals surface area contributed by atoms with Gasteiger partial charge in [0.15, 0.2) is 0 Å². The van der Waals surface area contributed by atoms with Crippen LogP contribution in [-0.4, -0.2) is 45.1 Å². The molecule has 2 aromatic heterocycles. The Bertz CT molecular complexity index is 1030. The summed E-state index contributed by atoms with van der Waals surface area (Å²) in [5.74, 6) is 0.651. The maximum absolute atomic E-state index is 12.5. The Labute approximate surface area is 162 Å². The summed E-state index contributed by atoms with van der Waals surface area (Å²) in [5, 5.41) is 1.12. The largest absolute Gasteiger partial charge is 0.373 e. The molecule has 1 N–H and O–H groups in total. The van der Waals surface area contributed by atoms with E-state index >= 15 is 0 Å². The van der Waals surface area contributed by atoms with Crippen molar-refractivity contribution < 1.29 is 4.74 Å². The monoisotopic (exact) mass is 384 g/mol. The van der Waals surface area contributed by atoms with Gasteiger partial charge in [-0.25, -0.2) is 4.98 Å². The van der Waals surface area contributed by atoms with E-state index < -0.39 is 0 Å². The van der Waals surface area contributed by atoms with Crippen LogP contribution in [-0.2, 0) is 11.3 Å². The number of nitrogens with one attached hydrogen (secondary N) is 1. The average Bonchev–Trinajstić information content (AvgIpc) is 2.61. The van der Waals surface area contributed by atoms with Crippen LogP contribution in [0.25, 0.3) is 22.2 Å². The summed E-state index contributed by atoms with van der Waals surface area (Å²) in [6, 6.07) is 9.07. The lowest BCUT2D eigenvalue weighted by Gasteiger charge is -2.34. The first-order valence-corrected chi connectivity index (χ1v) is 9.39. The number of fused-ring (bicyclic) bond motifs is 1. The number of aromatic nitrogens is 3. The Morgan fingerprint density at radius 3 is 2.78 bits per heavy atom. The second-order valence-electron chi connectivity index (χ2n) is 7.03. The van der Waals surface area contributed by atoms with Gasteiger partial charge < -0.3 is 9.72 Å². The smallest absolute Gasteiger partial charge is 0.258 e. The van der Waals surface area contributed by atoms with Gasteiger partial charge in [-0.2, -0.15) is 0 Å². The number of pyridine rings is 1. The molecule has 0 saturated carbocycles. The van der Waals surface area contributed by atoms with Gasteiger partial charge in [0.1, 0.15) is 5.82 Å². The van der Waals surface area contributed by atoms with Crippen LogP contribution in [0.1, 0.15) is 19.7 Å². The molecule has 3 aromatic rings. The van der Waals surface area contributed by atoms with E-state index in [4.69, 9.17) is 16.3 Å². The first-order chi connectivity index (χ1) is 13.0. The highest BCUT2D eigenvalue weighted by molar-refractivity contribution is 6.33. The Hall–Kier alpha value is -2.28. The van der Waals surface area contributed by atoms with Gasteiger partial charge in [0.2, 0.25) is 0 Å².